The molecule has 5 nitrogen and oxygen atoms in total. The molecule has 0 amide bonds. The minimum Gasteiger partial charge on any atom is -0.384 e. The van der Waals surface area contributed by atoms with E-state index in [1.807, 2.05) is 13.0 Å². The molecule has 1 aromatic heterocycles. The number of pyridine rings is 1. The standard InChI is InChI=1S/C14H25N3O2S/c1-4-5-10-20(18,19)17-14-7-6-13(11-16-14)15-9-8-12(2)3/h6-7,11-12,15H,4-5,8-10H2,1-3H3,(H,16,17). The van der Waals surface area contributed by atoms with Crippen molar-refractivity contribution in [2.24, 2.45) is 5.92 Å². The fourth-order valence-corrected chi connectivity index (χ4v) is 2.82. The molecule has 0 aliphatic rings. The van der Waals surface area contributed by atoms with Gasteiger partial charge in [-0.25, -0.2) is 13.4 Å². The normalized spacial score (nSPS) is 11.6. The van der Waals surface area contributed by atoms with Gasteiger partial charge in [-0.05, 0) is 30.9 Å². The predicted molar refractivity (Wildman–Crippen MR) is 84.5 cm³/mol. The third kappa shape index (κ3) is 6.75. The van der Waals surface area contributed by atoms with Crippen LogP contribution < -0.4 is 10.0 Å². The SMILES string of the molecule is CCCCS(=O)(=O)Nc1ccc(NCCC(C)C)cn1. The molecule has 0 unspecified atom stereocenters. The van der Waals surface area contributed by atoms with E-state index >= 15 is 0 Å². The molecule has 0 atom stereocenters. The molecule has 0 aliphatic heterocycles. The van der Waals surface area contributed by atoms with Crippen molar-refractivity contribution in [1.82, 2.24) is 4.98 Å². The Balaban J connectivity index is 2.50. The molecule has 0 spiro atoms. The van der Waals surface area contributed by atoms with Crippen molar-refractivity contribution in [2.45, 2.75) is 40.0 Å². The van der Waals surface area contributed by atoms with Crippen LogP contribution in [0.15, 0.2) is 18.3 Å². The average molecular weight is 299 g/mol. The van der Waals surface area contributed by atoms with Gasteiger partial charge in [0.05, 0.1) is 17.6 Å². The number of nitrogens with zero attached hydrogens (tertiary/aromatic N) is 1. The van der Waals surface area contributed by atoms with E-state index < -0.39 is 10.0 Å². The first-order valence-corrected chi connectivity index (χ1v) is 8.78. The van der Waals surface area contributed by atoms with E-state index in [9.17, 15) is 8.42 Å². The first-order chi connectivity index (χ1) is 9.43. The first kappa shape index (κ1) is 16.8. The van der Waals surface area contributed by atoms with Gasteiger partial charge in [-0.3, -0.25) is 4.72 Å². The Kier molecular flexibility index (Phi) is 6.78. The van der Waals surface area contributed by atoms with E-state index in [-0.39, 0.29) is 5.75 Å². The van der Waals surface area contributed by atoms with Gasteiger partial charge in [0.15, 0.2) is 0 Å². The lowest BCUT2D eigenvalue weighted by Gasteiger charge is -2.10. The van der Waals surface area contributed by atoms with Gasteiger partial charge in [0.2, 0.25) is 10.0 Å². The Hall–Kier alpha value is -1.30. The Labute approximate surface area is 122 Å². The fourth-order valence-electron chi connectivity index (χ4n) is 1.61. The summed E-state index contributed by atoms with van der Waals surface area (Å²) in [6.07, 6.45) is 4.25. The Morgan fingerprint density at radius 2 is 2.05 bits per heavy atom. The van der Waals surface area contributed by atoms with Crippen LogP contribution in [0.1, 0.15) is 40.0 Å². The summed E-state index contributed by atoms with van der Waals surface area (Å²) in [5, 5.41) is 3.26. The third-order valence-electron chi connectivity index (χ3n) is 2.84. The summed E-state index contributed by atoms with van der Waals surface area (Å²) in [5.41, 5.74) is 0.905. The van der Waals surface area contributed by atoms with Crippen LogP contribution >= 0.6 is 0 Å². The molecule has 20 heavy (non-hydrogen) atoms. The summed E-state index contributed by atoms with van der Waals surface area (Å²) >= 11 is 0. The van der Waals surface area contributed by atoms with Gasteiger partial charge in [0.1, 0.15) is 5.82 Å². The molecule has 0 aliphatic carbocycles. The van der Waals surface area contributed by atoms with E-state index in [1.165, 1.54) is 0 Å². The van der Waals surface area contributed by atoms with Crippen LogP contribution in [0.25, 0.3) is 0 Å². The van der Waals surface area contributed by atoms with Crippen LogP contribution in [0.2, 0.25) is 0 Å². The zero-order valence-electron chi connectivity index (χ0n) is 12.5. The largest absolute Gasteiger partial charge is 0.384 e. The maximum Gasteiger partial charge on any atom is 0.233 e. The average Bonchev–Trinajstić information content (AvgIpc) is 2.38. The number of nitrogens with one attached hydrogen (secondary N) is 2. The van der Waals surface area contributed by atoms with Crippen LogP contribution in [0.4, 0.5) is 11.5 Å². The van der Waals surface area contributed by atoms with Crippen molar-refractivity contribution in [2.75, 3.05) is 22.3 Å². The van der Waals surface area contributed by atoms with Crippen LogP contribution in [0.3, 0.4) is 0 Å². The van der Waals surface area contributed by atoms with Crippen molar-refractivity contribution < 1.29 is 8.42 Å². The summed E-state index contributed by atoms with van der Waals surface area (Å²) in [4.78, 5) is 4.12. The van der Waals surface area contributed by atoms with Crippen molar-refractivity contribution >= 4 is 21.5 Å². The van der Waals surface area contributed by atoms with Crippen molar-refractivity contribution in [3.63, 3.8) is 0 Å². The van der Waals surface area contributed by atoms with E-state index in [1.54, 1.807) is 12.3 Å². The lowest BCUT2D eigenvalue weighted by molar-refractivity contribution is 0.597. The molecule has 0 saturated heterocycles. The van der Waals surface area contributed by atoms with Crippen LogP contribution in [-0.2, 0) is 10.0 Å². The van der Waals surface area contributed by atoms with E-state index in [0.29, 0.717) is 18.2 Å². The molecule has 0 bridgehead atoms. The lowest BCUT2D eigenvalue weighted by atomic mass is 10.1. The topological polar surface area (TPSA) is 71.1 Å². The minimum absolute atomic E-state index is 0.138. The zero-order chi connectivity index (χ0) is 15.0. The summed E-state index contributed by atoms with van der Waals surface area (Å²) in [6, 6.07) is 3.52. The predicted octanol–water partition coefficient (Wildman–Crippen LogP) is 3.08. The molecule has 0 radical (unpaired) electrons. The molecule has 114 valence electrons. The second-order valence-electron chi connectivity index (χ2n) is 5.32. The van der Waals surface area contributed by atoms with Crippen LogP contribution in [0, 0.1) is 5.92 Å². The Bertz CT molecular complexity index is 484. The van der Waals surface area contributed by atoms with E-state index in [0.717, 1.165) is 25.1 Å². The Morgan fingerprint density at radius 1 is 1.30 bits per heavy atom. The first-order valence-electron chi connectivity index (χ1n) is 7.13. The second-order valence-corrected chi connectivity index (χ2v) is 7.16. The summed E-state index contributed by atoms with van der Waals surface area (Å²) in [6.45, 7) is 7.20. The monoisotopic (exact) mass is 299 g/mol. The molecular formula is C14H25N3O2S. The minimum atomic E-state index is -3.27. The number of hydrogen-bond donors (Lipinski definition) is 2. The maximum absolute atomic E-state index is 11.7. The summed E-state index contributed by atoms with van der Waals surface area (Å²) < 4.78 is 25.9. The van der Waals surface area contributed by atoms with Crippen molar-refractivity contribution in [3.8, 4) is 0 Å². The quantitative estimate of drug-likeness (QED) is 0.735. The van der Waals surface area contributed by atoms with Crippen LogP contribution in [-0.4, -0.2) is 25.7 Å². The number of unbranched alkanes of at least 4 members (excludes halogenated alkanes) is 1. The van der Waals surface area contributed by atoms with Gasteiger partial charge in [0, 0.05) is 6.54 Å². The fraction of sp³-hybridized carbons (Fsp3) is 0.643. The zero-order valence-corrected chi connectivity index (χ0v) is 13.3. The molecule has 6 heteroatoms. The molecular weight excluding hydrogens is 274 g/mol. The van der Waals surface area contributed by atoms with Gasteiger partial charge in [-0.15, -0.1) is 0 Å². The van der Waals surface area contributed by atoms with Gasteiger partial charge >= 0.3 is 0 Å². The molecule has 0 aromatic carbocycles. The van der Waals surface area contributed by atoms with Gasteiger partial charge in [0.25, 0.3) is 0 Å². The molecule has 0 saturated carbocycles. The van der Waals surface area contributed by atoms with Gasteiger partial charge < -0.3 is 5.32 Å². The third-order valence-corrected chi connectivity index (χ3v) is 4.19. The molecule has 1 aromatic rings. The number of aromatic nitrogens is 1. The van der Waals surface area contributed by atoms with Gasteiger partial charge in [-0.2, -0.15) is 0 Å². The van der Waals surface area contributed by atoms with Crippen LogP contribution in [0.5, 0.6) is 0 Å². The molecule has 2 N–H and O–H groups in total. The second kappa shape index (κ2) is 8.09. The number of sulfonamides is 1. The highest BCUT2D eigenvalue weighted by molar-refractivity contribution is 7.92. The number of hydrogen-bond acceptors (Lipinski definition) is 4. The molecule has 1 heterocycles. The smallest absolute Gasteiger partial charge is 0.233 e. The number of rotatable bonds is 9. The van der Waals surface area contributed by atoms with Crippen molar-refractivity contribution in [1.29, 1.82) is 0 Å². The highest BCUT2D eigenvalue weighted by Crippen LogP contribution is 2.12. The Morgan fingerprint density at radius 3 is 2.60 bits per heavy atom. The summed E-state index contributed by atoms with van der Waals surface area (Å²) in [7, 11) is -3.27. The van der Waals surface area contributed by atoms with Gasteiger partial charge in [-0.1, -0.05) is 27.2 Å². The highest BCUT2D eigenvalue weighted by Gasteiger charge is 2.10. The maximum atomic E-state index is 11.7. The number of anilines is 2. The van der Waals surface area contributed by atoms with Crippen molar-refractivity contribution in [3.05, 3.63) is 18.3 Å². The van der Waals surface area contributed by atoms with E-state index in [2.05, 4.69) is 28.9 Å². The molecule has 1 rings (SSSR count). The summed E-state index contributed by atoms with van der Waals surface area (Å²) in [5.74, 6) is 1.16. The lowest BCUT2D eigenvalue weighted by Crippen LogP contribution is -2.17. The molecule has 0 fully saturated rings. The highest BCUT2D eigenvalue weighted by atomic mass is 32.2. The van der Waals surface area contributed by atoms with E-state index in [4.69, 9.17) is 0 Å².